The summed E-state index contributed by atoms with van der Waals surface area (Å²) in [6.45, 7) is 8.48. The molecular formula is C34H47F2N7O4. The number of carbonyl (C=O) groups excluding carboxylic acids is 4. The molecule has 2 aromatic rings. The first kappa shape index (κ1) is 34.5. The number of hydrogen-bond acceptors (Lipinski definition) is 6. The fourth-order valence-electron chi connectivity index (χ4n) is 6.56. The Labute approximate surface area is 274 Å². The van der Waals surface area contributed by atoms with Gasteiger partial charge in [0.2, 0.25) is 11.8 Å². The largest absolute Gasteiger partial charge is 0.341 e. The normalized spacial score (nSPS) is 22.9. The molecule has 2 aliphatic carbocycles. The maximum atomic E-state index is 15.7. The number of likely N-dealkylation sites (N-methyl/N-ethyl adjacent to an activating group) is 1. The summed E-state index contributed by atoms with van der Waals surface area (Å²) in [5.74, 6) is -3.12. The SMILES string of the molecule is CCn1nccc1C(=O)N[C@H](C(=O)Nc1ccc([C@H](C)[C@@H](NC(=O)C2(F)CC2)C(=O)N2CCN(C)CC2)cc1F)[C@H]1CC[C@H](C)CC1. The van der Waals surface area contributed by atoms with Gasteiger partial charge in [-0.05, 0) is 75.3 Å². The summed E-state index contributed by atoms with van der Waals surface area (Å²) in [5, 5.41) is 12.4. The molecule has 1 aliphatic heterocycles. The van der Waals surface area contributed by atoms with Crippen molar-refractivity contribution in [2.24, 2.45) is 11.8 Å². The molecule has 3 aliphatic rings. The molecule has 1 aromatic carbocycles. The number of anilines is 1. The average molecular weight is 656 g/mol. The Kier molecular flexibility index (Phi) is 10.6. The van der Waals surface area contributed by atoms with Crippen LogP contribution in [0, 0.1) is 17.7 Å². The van der Waals surface area contributed by atoms with Crippen molar-refractivity contribution in [2.75, 3.05) is 38.5 Å². The van der Waals surface area contributed by atoms with E-state index in [4.69, 9.17) is 0 Å². The van der Waals surface area contributed by atoms with Gasteiger partial charge in [0.1, 0.15) is 23.6 Å². The van der Waals surface area contributed by atoms with Gasteiger partial charge in [-0.3, -0.25) is 23.9 Å². The Bertz CT molecular complexity index is 1460. The van der Waals surface area contributed by atoms with E-state index in [0.717, 1.165) is 25.7 Å². The zero-order valence-electron chi connectivity index (χ0n) is 27.7. The molecule has 1 aromatic heterocycles. The molecule has 11 nitrogen and oxygen atoms in total. The minimum Gasteiger partial charge on any atom is -0.341 e. The van der Waals surface area contributed by atoms with Crippen LogP contribution in [0.5, 0.6) is 0 Å². The summed E-state index contributed by atoms with van der Waals surface area (Å²) in [7, 11) is 1.96. The number of amides is 4. The number of piperazine rings is 1. The van der Waals surface area contributed by atoms with Crippen molar-refractivity contribution in [3.8, 4) is 0 Å². The van der Waals surface area contributed by atoms with Gasteiger partial charge < -0.3 is 25.8 Å². The van der Waals surface area contributed by atoms with Gasteiger partial charge in [-0.2, -0.15) is 5.10 Å². The number of hydrogen-bond donors (Lipinski definition) is 3. The van der Waals surface area contributed by atoms with E-state index in [-0.39, 0.29) is 30.4 Å². The quantitative estimate of drug-likeness (QED) is 0.340. The van der Waals surface area contributed by atoms with E-state index in [1.807, 2.05) is 14.0 Å². The fraction of sp³-hybridized carbons (Fsp3) is 0.618. The molecule has 4 amide bonds. The molecule has 256 valence electrons. The average Bonchev–Trinajstić information content (AvgIpc) is 3.63. The van der Waals surface area contributed by atoms with E-state index in [0.29, 0.717) is 49.9 Å². The van der Waals surface area contributed by atoms with Gasteiger partial charge in [-0.25, -0.2) is 8.78 Å². The maximum absolute atomic E-state index is 15.7. The monoisotopic (exact) mass is 655 g/mol. The van der Waals surface area contributed by atoms with Crippen molar-refractivity contribution in [2.45, 2.75) is 89.5 Å². The fourth-order valence-corrected chi connectivity index (χ4v) is 6.56. The molecule has 1 saturated heterocycles. The molecule has 47 heavy (non-hydrogen) atoms. The van der Waals surface area contributed by atoms with Crippen molar-refractivity contribution in [3.05, 3.63) is 47.5 Å². The van der Waals surface area contributed by atoms with Gasteiger partial charge in [0, 0.05) is 44.8 Å². The summed E-state index contributed by atoms with van der Waals surface area (Å²) in [5.41, 5.74) is -1.29. The zero-order valence-corrected chi connectivity index (χ0v) is 27.7. The van der Waals surface area contributed by atoms with Crippen LogP contribution in [-0.4, -0.2) is 94.2 Å². The predicted molar refractivity (Wildman–Crippen MR) is 173 cm³/mol. The van der Waals surface area contributed by atoms with Crippen molar-refractivity contribution in [3.63, 3.8) is 0 Å². The van der Waals surface area contributed by atoms with Gasteiger partial charge in [-0.1, -0.05) is 32.8 Å². The Morgan fingerprint density at radius 2 is 1.70 bits per heavy atom. The Morgan fingerprint density at radius 1 is 1.02 bits per heavy atom. The van der Waals surface area contributed by atoms with Crippen LogP contribution in [0.2, 0.25) is 0 Å². The summed E-state index contributed by atoms with van der Waals surface area (Å²) in [4.78, 5) is 57.0. The van der Waals surface area contributed by atoms with E-state index in [9.17, 15) is 23.6 Å². The van der Waals surface area contributed by atoms with E-state index >= 15 is 4.39 Å². The van der Waals surface area contributed by atoms with Gasteiger partial charge in [0.25, 0.3) is 11.8 Å². The molecule has 3 N–H and O–H groups in total. The minimum absolute atomic E-state index is 0.0698. The summed E-state index contributed by atoms with van der Waals surface area (Å²) >= 11 is 0. The Morgan fingerprint density at radius 3 is 2.32 bits per heavy atom. The molecule has 0 unspecified atom stereocenters. The number of nitrogens with one attached hydrogen (secondary N) is 3. The lowest BCUT2D eigenvalue weighted by Crippen LogP contribution is -2.56. The van der Waals surface area contributed by atoms with Crippen LogP contribution in [0.25, 0.3) is 0 Å². The molecule has 2 heterocycles. The highest BCUT2D eigenvalue weighted by atomic mass is 19.1. The topological polar surface area (TPSA) is 129 Å². The molecular weight excluding hydrogens is 608 g/mol. The second-order valence-electron chi connectivity index (χ2n) is 13.6. The molecule has 2 saturated carbocycles. The zero-order chi connectivity index (χ0) is 33.9. The van der Waals surface area contributed by atoms with E-state index in [1.54, 1.807) is 28.6 Å². The first-order valence-corrected chi connectivity index (χ1v) is 16.8. The summed E-state index contributed by atoms with van der Waals surface area (Å²) in [6, 6.07) is 3.86. The van der Waals surface area contributed by atoms with Crippen LogP contribution in [-0.2, 0) is 20.9 Å². The highest BCUT2D eigenvalue weighted by Crippen LogP contribution is 2.40. The van der Waals surface area contributed by atoms with Crippen LogP contribution in [0.3, 0.4) is 0 Å². The lowest BCUT2D eigenvalue weighted by Gasteiger charge is -2.36. The highest BCUT2D eigenvalue weighted by Gasteiger charge is 2.52. The molecule has 0 radical (unpaired) electrons. The van der Waals surface area contributed by atoms with Crippen molar-refractivity contribution < 1.29 is 28.0 Å². The van der Waals surface area contributed by atoms with Gasteiger partial charge >= 0.3 is 0 Å². The first-order chi connectivity index (χ1) is 22.4. The number of nitrogens with zero attached hydrogens (tertiary/aromatic N) is 4. The third-order valence-electron chi connectivity index (χ3n) is 10.1. The van der Waals surface area contributed by atoms with Gasteiger partial charge in [-0.15, -0.1) is 0 Å². The number of aryl methyl sites for hydroxylation is 1. The number of aromatic nitrogens is 2. The number of carbonyl (C=O) groups is 4. The van der Waals surface area contributed by atoms with E-state index < -0.39 is 47.2 Å². The Hall–Kier alpha value is -3.87. The van der Waals surface area contributed by atoms with Crippen molar-refractivity contribution in [1.82, 2.24) is 30.2 Å². The predicted octanol–water partition coefficient (Wildman–Crippen LogP) is 3.47. The van der Waals surface area contributed by atoms with E-state index in [2.05, 4.69) is 32.9 Å². The molecule has 3 atom stereocenters. The number of alkyl halides is 1. The standard InChI is InChI=1S/C34H47F2N7O4/c1-5-43-27(12-15-37-43)30(44)39-29(23-8-6-21(2)7-9-23)31(45)38-26-11-10-24(20-25(26)35)22(3)28(40-33(47)34(36)13-14-34)32(46)42-18-16-41(4)17-19-42/h10-12,15,20-23,28-29H,5-9,13-14,16-19H2,1-4H3,(H,38,45)(H,39,44)(H,40,47)/t21-,22-,23-,28+,29-/m0/s1. The number of benzene rings is 1. The molecule has 13 heteroatoms. The number of halogens is 2. The second kappa shape index (κ2) is 14.5. The van der Waals surface area contributed by atoms with Gasteiger partial charge in [0.05, 0.1) is 5.69 Å². The van der Waals surface area contributed by atoms with Crippen molar-refractivity contribution in [1.29, 1.82) is 0 Å². The van der Waals surface area contributed by atoms with Crippen LogP contribution in [0.4, 0.5) is 14.5 Å². The highest BCUT2D eigenvalue weighted by molar-refractivity contribution is 6.01. The molecule has 0 bridgehead atoms. The van der Waals surface area contributed by atoms with E-state index in [1.165, 1.54) is 18.3 Å². The molecule has 0 spiro atoms. The third kappa shape index (κ3) is 7.99. The molecule has 5 rings (SSSR count). The summed E-state index contributed by atoms with van der Waals surface area (Å²) in [6.07, 6.45) is 5.09. The van der Waals surface area contributed by atoms with Crippen molar-refractivity contribution >= 4 is 29.3 Å². The lowest BCUT2D eigenvalue weighted by atomic mass is 9.79. The Balaban J connectivity index is 1.33. The van der Waals surface area contributed by atoms with Crippen LogP contribution in [0.15, 0.2) is 30.5 Å². The van der Waals surface area contributed by atoms with Crippen LogP contribution in [0.1, 0.15) is 81.3 Å². The lowest BCUT2D eigenvalue weighted by molar-refractivity contribution is -0.140. The smallest absolute Gasteiger partial charge is 0.270 e. The third-order valence-corrected chi connectivity index (χ3v) is 10.1. The summed E-state index contributed by atoms with van der Waals surface area (Å²) < 4.78 is 31.9. The minimum atomic E-state index is -1.97. The first-order valence-electron chi connectivity index (χ1n) is 16.8. The van der Waals surface area contributed by atoms with Crippen LogP contribution < -0.4 is 16.0 Å². The second-order valence-corrected chi connectivity index (χ2v) is 13.6. The maximum Gasteiger partial charge on any atom is 0.270 e. The molecule has 3 fully saturated rings. The van der Waals surface area contributed by atoms with Crippen LogP contribution >= 0.6 is 0 Å². The van der Waals surface area contributed by atoms with Gasteiger partial charge in [0.15, 0.2) is 5.67 Å². The number of rotatable bonds is 11.